The Hall–Kier alpha value is -1.10. The highest BCUT2D eigenvalue weighted by atomic mass is 127. The molecular formula is C17H34IN5O3. The van der Waals surface area contributed by atoms with E-state index in [0.717, 1.165) is 45.3 Å². The SMILES string of the molecule is CCNC(=NCC(=O)NCCOC)NCCCN1CCCCCC1=O.I. The molecule has 9 heteroatoms. The molecule has 0 radical (unpaired) electrons. The molecule has 26 heavy (non-hydrogen) atoms. The number of amides is 2. The van der Waals surface area contributed by atoms with E-state index in [1.54, 1.807) is 7.11 Å². The molecule has 0 aliphatic carbocycles. The Morgan fingerprint density at radius 3 is 2.73 bits per heavy atom. The highest BCUT2D eigenvalue weighted by Crippen LogP contribution is 2.11. The van der Waals surface area contributed by atoms with Crippen LogP contribution in [0.15, 0.2) is 4.99 Å². The van der Waals surface area contributed by atoms with Crippen molar-refractivity contribution in [1.29, 1.82) is 0 Å². The standard InChI is InChI=1S/C17H33N5O3.HI/c1-3-18-17(21-14-15(23)19-10-13-25-2)20-9-7-12-22-11-6-4-5-8-16(22)24;/h3-14H2,1-2H3,(H,19,23)(H2,18,20,21);1H. The fourth-order valence-corrected chi connectivity index (χ4v) is 2.59. The molecule has 0 bridgehead atoms. The first kappa shape index (κ1) is 24.9. The van der Waals surface area contributed by atoms with E-state index in [-0.39, 0.29) is 42.3 Å². The summed E-state index contributed by atoms with van der Waals surface area (Å²) in [5, 5.41) is 9.06. The van der Waals surface area contributed by atoms with Crippen molar-refractivity contribution in [2.24, 2.45) is 4.99 Å². The lowest BCUT2D eigenvalue weighted by Gasteiger charge is -2.20. The quantitative estimate of drug-likeness (QED) is 0.184. The van der Waals surface area contributed by atoms with E-state index in [0.29, 0.717) is 32.1 Å². The molecule has 0 saturated carbocycles. The average Bonchev–Trinajstić information content (AvgIpc) is 2.81. The maximum absolute atomic E-state index is 11.9. The number of guanidine groups is 1. The molecule has 0 unspecified atom stereocenters. The van der Waals surface area contributed by atoms with E-state index in [4.69, 9.17) is 4.74 Å². The first-order chi connectivity index (χ1) is 12.2. The van der Waals surface area contributed by atoms with Crippen molar-refractivity contribution in [1.82, 2.24) is 20.9 Å². The van der Waals surface area contributed by atoms with Gasteiger partial charge in [-0.15, -0.1) is 24.0 Å². The summed E-state index contributed by atoms with van der Waals surface area (Å²) >= 11 is 0. The number of rotatable bonds is 10. The highest BCUT2D eigenvalue weighted by Gasteiger charge is 2.15. The van der Waals surface area contributed by atoms with Gasteiger partial charge in [0.05, 0.1) is 6.61 Å². The van der Waals surface area contributed by atoms with Gasteiger partial charge in [0.15, 0.2) is 5.96 Å². The minimum Gasteiger partial charge on any atom is -0.383 e. The minimum atomic E-state index is -0.135. The molecule has 0 aromatic carbocycles. The molecular weight excluding hydrogens is 449 g/mol. The lowest BCUT2D eigenvalue weighted by atomic mass is 10.2. The summed E-state index contributed by atoms with van der Waals surface area (Å²) < 4.78 is 4.88. The fraction of sp³-hybridized carbons (Fsp3) is 0.824. The normalized spacial score (nSPS) is 15.1. The smallest absolute Gasteiger partial charge is 0.241 e. The Morgan fingerprint density at radius 1 is 1.19 bits per heavy atom. The van der Waals surface area contributed by atoms with E-state index in [1.807, 2.05) is 11.8 Å². The molecule has 1 rings (SSSR count). The van der Waals surface area contributed by atoms with Gasteiger partial charge >= 0.3 is 0 Å². The zero-order valence-corrected chi connectivity index (χ0v) is 18.3. The van der Waals surface area contributed by atoms with Crippen LogP contribution in [0.2, 0.25) is 0 Å². The predicted molar refractivity (Wildman–Crippen MR) is 114 cm³/mol. The zero-order valence-electron chi connectivity index (χ0n) is 16.0. The lowest BCUT2D eigenvalue weighted by molar-refractivity contribution is -0.130. The summed E-state index contributed by atoms with van der Waals surface area (Å²) in [6, 6.07) is 0. The Balaban J connectivity index is 0.00000625. The van der Waals surface area contributed by atoms with E-state index in [1.165, 1.54) is 0 Å². The van der Waals surface area contributed by atoms with Gasteiger partial charge in [0.2, 0.25) is 11.8 Å². The fourth-order valence-electron chi connectivity index (χ4n) is 2.59. The van der Waals surface area contributed by atoms with Gasteiger partial charge in [0.25, 0.3) is 0 Å². The Kier molecular flexibility index (Phi) is 15.4. The van der Waals surface area contributed by atoms with Crippen LogP contribution in [0.5, 0.6) is 0 Å². The second-order valence-electron chi connectivity index (χ2n) is 6.01. The Labute approximate surface area is 173 Å². The van der Waals surface area contributed by atoms with Gasteiger partial charge in [-0.05, 0) is 26.2 Å². The van der Waals surface area contributed by atoms with Crippen molar-refractivity contribution in [3.63, 3.8) is 0 Å². The van der Waals surface area contributed by atoms with Gasteiger partial charge < -0.3 is 25.6 Å². The first-order valence-electron chi connectivity index (χ1n) is 9.23. The number of methoxy groups -OCH3 is 1. The zero-order chi connectivity index (χ0) is 18.3. The topological polar surface area (TPSA) is 95.1 Å². The van der Waals surface area contributed by atoms with Crippen molar-refractivity contribution in [3.05, 3.63) is 0 Å². The molecule has 1 fully saturated rings. The maximum Gasteiger partial charge on any atom is 0.241 e. The highest BCUT2D eigenvalue weighted by molar-refractivity contribution is 14.0. The second kappa shape index (κ2) is 16.1. The van der Waals surface area contributed by atoms with Crippen LogP contribution in [0.1, 0.15) is 39.0 Å². The molecule has 2 amide bonds. The van der Waals surface area contributed by atoms with E-state index >= 15 is 0 Å². The molecule has 1 heterocycles. The molecule has 0 aromatic rings. The second-order valence-corrected chi connectivity index (χ2v) is 6.01. The third-order valence-electron chi connectivity index (χ3n) is 3.92. The predicted octanol–water partition coefficient (Wildman–Crippen LogP) is 0.715. The van der Waals surface area contributed by atoms with Gasteiger partial charge in [-0.3, -0.25) is 9.59 Å². The van der Waals surface area contributed by atoms with Crippen molar-refractivity contribution in [2.45, 2.75) is 39.0 Å². The Bertz CT molecular complexity index is 435. The van der Waals surface area contributed by atoms with Crippen LogP contribution in [0.3, 0.4) is 0 Å². The van der Waals surface area contributed by atoms with Crippen molar-refractivity contribution < 1.29 is 14.3 Å². The lowest BCUT2D eigenvalue weighted by Crippen LogP contribution is -2.40. The molecule has 1 saturated heterocycles. The van der Waals surface area contributed by atoms with E-state index in [9.17, 15) is 9.59 Å². The van der Waals surface area contributed by atoms with Crippen LogP contribution in [0.25, 0.3) is 0 Å². The van der Waals surface area contributed by atoms with Gasteiger partial charge in [0.1, 0.15) is 6.54 Å². The number of aliphatic imine (C=N–C) groups is 1. The third-order valence-corrected chi connectivity index (χ3v) is 3.92. The number of hydrogen-bond donors (Lipinski definition) is 3. The third kappa shape index (κ3) is 11.5. The number of ether oxygens (including phenoxy) is 1. The number of likely N-dealkylation sites (tertiary alicyclic amines) is 1. The van der Waals surface area contributed by atoms with Crippen LogP contribution < -0.4 is 16.0 Å². The number of carbonyl (C=O) groups is 2. The van der Waals surface area contributed by atoms with Crippen LogP contribution >= 0.6 is 24.0 Å². The first-order valence-corrected chi connectivity index (χ1v) is 9.23. The number of carbonyl (C=O) groups excluding carboxylic acids is 2. The molecule has 3 N–H and O–H groups in total. The van der Waals surface area contributed by atoms with Gasteiger partial charge in [-0.2, -0.15) is 0 Å². The summed E-state index contributed by atoms with van der Waals surface area (Å²) in [5.41, 5.74) is 0. The molecule has 0 aromatic heterocycles. The summed E-state index contributed by atoms with van der Waals surface area (Å²) in [7, 11) is 1.59. The summed E-state index contributed by atoms with van der Waals surface area (Å²) in [5.74, 6) is 0.752. The minimum absolute atomic E-state index is 0. The van der Waals surface area contributed by atoms with Crippen molar-refractivity contribution >= 4 is 41.8 Å². The van der Waals surface area contributed by atoms with Crippen LogP contribution in [0, 0.1) is 0 Å². The van der Waals surface area contributed by atoms with Crippen LogP contribution in [0.4, 0.5) is 0 Å². The average molecular weight is 483 g/mol. The van der Waals surface area contributed by atoms with Crippen molar-refractivity contribution in [3.8, 4) is 0 Å². The number of halogens is 1. The summed E-state index contributed by atoms with van der Waals surface area (Å²) in [6.45, 7) is 6.09. The monoisotopic (exact) mass is 483 g/mol. The van der Waals surface area contributed by atoms with Crippen LogP contribution in [-0.2, 0) is 14.3 Å². The van der Waals surface area contributed by atoms with E-state index < -0.39 is 0 Å². The Morgan fingerprint density at radius 2 is 2.00 bits per heavy atom. The van der Waals surface area contributed by atoms with Gasteiger partial charge in [0, 0.05) is 46.3 Å². The molecule has 0 atom stereocenters. The molecule has 1 aliphatic heterocycles. The van der Waals surface area contributed by atoms with E-state index in [2.05, 4.69) is 20.9 Å². The van der Waals surface area contributed by atoms with Crippen LogP contribution in [-0.4, -0.2) is 75.7 Å². The number of hydrogen-bond acceptors (Lipinski definition) is 4. The summed E-state index contributed by atoms with van der Waals surface area (Å²) in [6.07, 6.45) is 4.79. The maximum atomic E-state index is 11.9. The molecule has 8 nitrogen and oxygen atoms in total. The molecule has 1 aliphatic rings. The number of nitrogens with one attached hydrogen (secondary N) is 3. The van der Waals surface area contributed by atoms with Gasteiger partial charge in [-0.1, -0.05) is 6.42 Å². The summed E-state index contributed by atoms with van der Waals surface area (Å²) in [4.78, 5) is 29.8. The van der Waals surface area contributed by atoms with Gasteiger partial charge in [-0.25, -0.2) is 4.99 Å². The molecule has 0 spiro atoms. The number of nitrogens with zero attached hydrogens (tertiary/aromatic N) is 2. The molecule has 152 valence electrons. The van der Waals surface area contributed by atoms with Crippen molar-refractivity contribution in [2.75, 3.05) is 53.0 Å². The largest absolute Gasteiger partial charge is 0.383 e.